The Morgan fingerprint density at radius 3 is 2.80 bits per heavy atom. The van der Waals surface area contributed by atoms with Gasteiger partial charge in [-0.1, -0.05) is 12.1 Å². The summed E-state index contributed by atoms with van der Waals surface area (Å²) in [7, 11) is 0. The number of hydrogen-bond donors (Lipinski definition) is 1. The lowest BCUT2D eigenvalue weighted by Crippen LogP contribution is -2.28. The Kier molecular flexibility index (Phi) is 3.06. The minimum Gasteiger partial charge on any atom is -0.369 e. The van der Waals surface area contributed by atoms with E-state index in [9.17, 15) is 9.59 Å². The zero-order valence-electron chi connectivity index (χ0n) is 10.8. The van der Waals surface area contributed by atoms with E-state index in [1.165, 1.54) is 0 Å². The van der Waals surface area contributed by atoms with Crippen LogP contribution in [0.4, 0.5) is 0 Å². The highest BCUT2D eigenvalue weighted by Crippen LogP contribution is 2.19. The predicted octanol–water partition coefficient (Wildman–Crippen LogP) is 0.464. The van der Waals surface area contributed by atoms with E-state index in [0.29, 0.717) is 18.8 Å². The van der Waals surface area contributed by atoms with Crippen molar-refractivity contribution in [3.05, 3.63) is 36.2 Å². The standard InChI is InChI=1S/C14H14N4O2/c15-14(20)9-5-13(19)18(7-9)8-10-6-16-11-3-1-2-4-12(11)17-10/h1-4,6,9H,5,7-8H2,(H2,15,20). The molecule has 0 saturated carbocycles. The van der Waals surface area contributed by atoms with Gasteiger partial charge in [-0.05, 0) is 12.1 Å². The number of nitrogens with zero attached hydrogens (tertiary/aromatic N) is 3. The molecule has 1 atom stereocenters. The summed E-state index contributed by atoms with van der Waals surface area (Å²) in [6, 6.07) is 7.56. The van der Waals surface area contributed by atoms with E-state index in [1.807, 2.05) is 24.3 Å². The highest BCUT2D eigenvalue weighted by Gasteiger charge is 2.33. The first-order valence-corrected chi connectivity index (χ1v) is 6.41. The number of likely N-dealkylation sites (tertiary alicyclic amines) is 1. The molecule has 3 rings (SSSR count). The molecule has 0 aliphatic carbocycles. The molecule has 102 valence electrons. The minimum atomic E-state index is -0.426. The zero-order valence-corrected chi connectivity index (χ0v) is 10.8. The van der Waals surface area contributed by atoms with Crippen molar-refractivity contribution in [3.8, 4) is 0 Å². The van der Waals surface area contributed by atoms with Crippen molar-refractivity contribution in [2.75, 3.05) is 6.54 Å². The summed E-state index contributed by atoms with van der Waals surface area (Å²) < 4.78 is 0. The van der Waals surface area contributed by atoms with Crippen LogP contribution in [0.1, 0.15) is 12.1 Å². The molecule has 2 N–H and O–H groups in total. The van der Waals surface area contributed by atoms with E-state index < -0.39 is 11.8 Å². The third-order valence-electron chi connectivity index (χ3n) is 3.47. The quantitative estimate of drug-likeness (QED) is 0.877. The van der Waals surface area contributed by atoms with E-state index in [0.717, 1.165) is 11.0 Å². The van der Waals surface area contributed by atoms with Crippen molar-refractivity contribution >= 4 is 22.8 Å². The molecule has 2 heterocycles. The van der Waals surface area contributed by atoms with Crippen LogP contribution in [-0.4, -0.2) is 33.2 Å². The fourth-order valence-electron chi connectivity index (χ4n) is 2.38. The Morgan fingerprint density at radius 2 is 2.10 bits per heavy atom. The van der Waals surface area contributed by atoms with Crippen LogP contribution in [0.5, 0.6) is 0 Å². The molecular weight excluding hydrogens is 256 g/mol. The summed E-state index contributed by atoms with van der Waals surface area (Å²) in [6.07, 6.45) is 1.85. The molecule has 6 heteroatoms. The maximum Gasteiger partial charge on any atom is 0.223 e. The maximum absolute atomic E-state index is 11.8. The van der Waals surface area contributed by atoms with Crippen LogP contribution in [-0.2, 0) is 16.1 Å². The number of para-hydroxylation sites is 2. The molecule has 1 fully saturated rings. The molecule has 1 aliphatic heterocycles. The first kappa shape index (κ1) is 12.5. The number of carbonyl (C=O) groups is 2. The summed E-state index contributed by atoms with van der Waals surface area (Å²) in [5.41, 5.74) is 7.57. The fourth-order valence-corrected chi connectivity index (χ4v) is 2.38. The summed E-state index contributed by atoms with van der Waals surface area (Å²) in [5, 5.41) is 0. The number of primary amides is 1. The molecule has 1 unspecified atom stereocenters. The number of benzene rings is 1. The van der Waals surface area contributed by atoms with Crippen LogP contribution in [0.15, 0.2) is 30.5 Å². The first-order chi connectivity index (χ1) is 9.63. The summed E-state index contributed by atoms with van der Waals surface area (Å²) in [6.45, 7) is 0.725. The second-order valence-corrected chi connectivity index (χ2v) is 4.93. The lowest BCUT2D eigenvalue weighted by atomic mass is 10.1. The van der Waals surface area contributed by atoms with Gasteiger partial charge in [0.15, 0.2) is 0 Å². The van der Waals surface area contributed by atoms with Crippen molar-refractivity contribution in [1.29, 1.82) is 0 Å². The van der Waals surface area contributed by atoms with Crippen molar-refractivity contribution < 1.29 is 9.59 Å². The Labute approximate surface area is 115 Å². The molecule has 1 saturated heterocycles. The van der Waals surface area contributed by atoms with Crippen LogP contribution < -0.4 is 5.73 Å². The van der Waals surface area contributed by atoms with E-state index in [-0.39, 0.29) is 12.3 Å². The van der Waals surface area contributed by atoms with Gasteiger partial charge in [0.25, 0.3) is 0 Å². The van der Waals surface area contributed by atoms with Gasteiger partial charge in [-0.2, -0.15) is 0 Å². The topological polar surface area (TPSA) is 89.2 Å². The second-order valence-electron chi connectivity index (χ2n) is 4.93. The van der Waals surface area contributed by atoms with Crippen molar-refractivity contribution in [3.63, 3.8) is 0 Å². The lowest BCUT2D eigenvalue weighted by molar-refractivity contribution is -0.128. The molecule has 1 aromatic heterocycles. The molecule has 0 radical (unpaired) electrons. The largest absolute Gasteiger partial charge is 0.369 e. The normalized spacial score (nSPS) is 18.7. The zero-order chi connectivity index (χ0) is 14.1. The molecule has 0 spiro atoms. The van der Waals surface area contributed by atoms with Crippen molar-refractivity contribution in [2.24, 2.45) is 11.7 Å². The molecule has 20 heavy (non-hydrogen) atoms. The van der Waals surface area contributed by atoms with Gasteiger partial charge in [0.1, 0.15) is 0 Å². The van der Waals surface area contributed by atoms with E-state index >= 15 is 0 Å². The van der Waals surface area contributed by atoms with Gasteiger partial charge < -0.3 is 10.6 Å². The van der Waals surface area contributed by atoms with Gasteiger partial charge in [-0.3, -0.25) is 14.6 Å². The van der Waals surface area contributed by atoms with Crippen LogP contribution in [0.3, 0.4) is 0 Å². The van der Waals surface area contributed by atoms with Gasteiger partial charge in [-0.25, -0.2) is 4.98 Å². The smallest absolute Gasteiger partial charge is 0.223 e. The monoisotopic (exact) mass is 270 g/mol. The molecular formula is C14H14N4O2. The fraction of sp³-hybridized carbons (Fsp3) is 0.286. The number of carbonyl (C=O) groups excluding carboxylic acids is 2. The van der Waals surface area contributed by atoms with Crippen LogP contribution in [0.2, 0.25) is 0 Å². The Morgan fingerprint density at radius 1 is 1.35 bits per heavy atom. The number of hydrogen-bond acceptors (Lipinski definition) is 4. The van der Waals surface area contributed by atoms with Crippen molar-refractivity contribution in [2.45, 2.75) is 13.0 Å². The molecule has 1 aromatic carbocycles. The highest BCUT2D eigenvalue weighted by atomic mass is 16.2. The average Bonchev–Trinajstić information content (AvgIpc) is 2.80. The van der Waals surface area contributed by atoms with Gasteiger partial charge in [0.2, 0.25) is 11.8 Å². The first-order valence-electron chi connectivity index (χ1n) is 6.41. The summed E-state index contributed by atoms with van der Waals surface area (Å²) in [5.74, 6) is -0.884. The predicted molar refractivity (Wildman–Crippen MR) is 72.3 cm³/mol. The Bertz CT molecular complexity index is 686. The maximum atomic E-state index is 11.8. The third-order valence-corrected chi connectivity index (χ3v) is 3.47. The van der Waals surface area contributed by atoms with Crippen molar-refractivity contribution in [1.82, 2.24) is 14.9 Å². The number of amides is 2. The van der Waals surface area contributed by atoms with Crippen LogP contribution in [0.25, 0.3) is 11.0 Å². The molecule has 2 amide bonds. The molecule has 6 nitrogen and oxygen atoms in total. The van der Waals surface area contributed by atoms with E-state index in [4.69, 9.17) is 5.73 Å². The highest BCUT2D eigenvalue weighted by molar-refractivity contribution is 5.88. The number of rotatable bonds is 3. The molecule has 1 aliphatic rings. The summed E-state index contributed by atoms with van der Waals surface area (Å²) in [4.78, 5) is 33.3. The molecule has 0 bridgehead atoms. The Hall–Kier alpha value is -2.50. The Balaban J connectivity index is 1.79. The molecule has 2 aromatic rings. The SMILES string of the molecule is NC(=O)C1CC(=O)N(Cc2cnc3ccccc3n2)C1. The second kappa shape index (κ2) is 4.88. The summed E-state index contributed by atoms with van der Waals surface area (Å²) >= 11 is 0. The number of aromatic nitrogens is 2. The van der Waals surface area contributed by atoms with Gasteiger partial charge in [0, 0.05) is 13.0 Å². The lowest BCUT2D eigenvalue weighted by Gasteiger charge is -2.15. The minimum absolute atomic E-state index is 0.0660. The van der Waals surface area contributed by atoms with Gasteiger partial charge in [-0.15, -0.1) is 0 Å². The van der Waals surface area contributed by atoms with Crippen LogP contribution >= 0.6 is 0 Å². The number of nitrogens with two attached hydrogens (primary N) is 1. The number of fused-ring (bicyclic) bond motifs is 1. The van der Waals surface area contributed by atoms with Crippen LogP contribution in [0, 0.1) is 5.92 Å². The van der Waals surface area contributed by atoms with E-state index in [1.54, 1.807) is 11.1 Å². The average molecular weight is 270 g/mol. The van der Waals surface area contributed by atoms with E-state index in [2.05, 4.69) is 9.97 Å². The van der Waals surface area contributed by atoms with Gasteiger partial charge >= 0.3 is 0 Å². The van der Waals surface area contributed by atoms with Gasteiger partial charge in [0.05, 0.1) is 35.4 Å². The third kappa shape index (κ3) is 2.32.